The maximum absolute atomic E-state index is 13.2. The molecule has 0 spiro atoms. The Balaban J connectivity index is 2.82. The van der Waals surface area contributed by atoms with Gasteiger partial charge < -0.3 is 4.74 Å². The molecule has 0 radical (unpaired) electrons. The van der Waals surface area contributed by atoms with Crippen molar-refractivity contribution in [1.29, 1.82) is 0 Å². The van der Waals surface area contributed by atoms with E-state index in [1.165, 1.54) is 12.1 Å². The average molecular weight is 232 g/mol. The van der Waals surface area contributed by atoms with Gasteiger partial charge in [-0.05, 0) is 23.6 Å². The summed E-state index contributed by atoms with van der Waals surface area (Å²) in [5.41, 5.74) is 0.857. The minimum absolute atomic E-state index is 0.118. The zero-order chi connectivity index (χ0) is 12.3. The predicted molar refractivity (Wildman–Crippen MR) is 56.6 cm³/mol. The van der Waals surface area contributed by atoms with Gasteiger partial charge in [-0.25, -0.2) is 13.2 Å². The molecule has 0 fully saturated rings. The molecule has 0 unspecified atom stereocenters. The second-order valence-electron chi connectivity index (χ2n) is 4.20. The van der Waals surface area contributed by atoms with Crippen LogP contribution >= 0.6 is 0 Å². The molecule has 0 heterocycles. The van der Waals surface area contributed by atoms with Crippen molar-refractivity contribution >= 4 is 0 Å². The van der Waals surface area contributed by atoms with Crippen LogP contribution in [0.5, 0.6) is 5.75 Å². The molecule has 0 N–H and O–H groups in total. The highest BCUT2D eigenvalue weighted by molar-refractivity contribution is 5.32. The van der Waals surface area contributed by atoms with Gasteiger partial charge in [0.1, 0.15) is 0 Å². The molecule has 1 nitrogen and oxygen atoms in total. The fourth-order valence-corrected chi connectivity index (χ4v) is 1.19. The Morgan fingerprint density at radius 3 is 2.44 bits per heavy atom. The molecule has 1 aromatic rings. The Hall–Kier alpha value is -1.19. The first kappa shape index (κ1) is 12.9. The molecule has 0 saturated carbocycles. The van der Waals surface area contributed by atoms with E-state index in [1.807, 2.05) is 13.8 Å². The number of rotatable bonds is 4. The minimum atomic E-state index is -2.96. The summed E-state index contributed by atoms with van der Waals surface area (Å²) in [5.74, 6) is -3.49. The Labute approximate surface area is 93.2 Å². The molecule has 0 aliphatic carbocycles. The highest BCUT2D eigenvalue weighted by atomic mass is 19.3. The molecule has 0 aliphatic heterocycles. The van der Waals surface area contributed by atoms with E-state index < -0.39 is 18.3 Å². The van der Waals surface area contributed by atoms with Crippen molar-refractivity contribution in [2.45, 2.75) is 32.6 Å². The van der Waals surface area contributed by atoms with Crippen molar-refractivity contribution in [3.05, 3.63) is 29.6 Å². The summed E-state index contributed by atoms with van der Waals surface area (Å²) in [4.78, 5) is 0. The van der Waals surface area contributed by atoms with Crippen molar-refractivity contribution in [3.63, 3.8) is 0 Å². The lowest BCUT2D eigenvalue weighted by molar-refractivity contribution is -0.0239. The van der Waals surface area contributed by atoms with E-state index in [2.05, 4.69) is 0 Å². The summed E-state index contributed by atoms with van der Waals surface area (Å²) in [6.07, 6.45) is 0. The van der Waals surface area contributed by atoms with Crippen LogP contribution in [0.2, 0.25) is 0 Å². The number of ether oxygens (including phenoxy) is 1. The quantitative estimate of drug-likeness (QED) is 0.762. The van der Waals surface area contributed by atoms with Gasteiger partial charge in [0.05, 0.1) is 0 Å². The first-order valence-corrected chi connectivity index (χ1v) is 5.09. The van der Waals surface area contributed by atoms with Crippen molar-refractivity contribution in [2.24, 2.45) is 0 Å². The zero-order valence-corrected chi connectivity index (χ0v) is 9.56. The highest BCUT2D eigenvalue weighted by Gasteiger charge is 2.23. The monoisotopic (exact) mass is 232 g/mol. The molecule has 0 atom stereocenters. The van der Waals surface area contributed by atoms with Gasteiger partial charge in [0, 0.05) is 6.92 Å². The standard InChI is InChI=1S/C12H15F3O/c1-8(2)9-4-5-10(13)11(6-9)16-7-12(3,14)15/h4-6,8H,7H2,1-3H3. The van der Waals surface area contributed by atoms with E-state index in [0.29, 0.717) is 0 Å². The number of alkyl halides is 2. The first-order chi connectivity index (χ1) is 7.29. The number of hydrogen-bond acceptors (Lipinski definition) is 1. The average Bonchev–Trinajstić information content (AvgIpc) is 2.14. The number of halogens is 3. The fourth-order valence-electron chi connectivity index (χ4n) is 1.19. The maximum Gasteiger partial charge on any atom is 0.278 e. The molecule has 0 aromatic heterocycles. The molecule has 1 aromatic carbocycles. The van der Waals surface area contributed by atoms with Gasteiger partial charge >= 0.3 is 0 Å². The molecule has 0 aliphatic rings. The minimum Gasteiger partial charge on any atom is -0.484 e. The van der Waals surface area contributed by atoms with Crippen molar-refractivity contribution < 1.29 is 17.9 Å². The second kappa shape index (κ2) is 4.76. The lowest BCUT2D eigenvalue weighted by Gasteiger charge is -2.14. The third-order valence-electron chi connectivity index (χ3n) is 2.10. The summed E-state index contributed by atoms with van der Waals surface area (Å²) >= 11 is 0. The van der Waals surface area contributed by atoms with Crippen LogP contribution in [0.3, 0.4) is 0 Å². The Bertz CT molecular complexity index is 356. The van der Waals surface area contributed by atoms with Crippen LogP contribution in [0.25, 0.3) is 0 Å². The molecule has 90 valence electrons. The van der Waals surface area contributed by atoms with E-state index in [4.69, 9.17) is 4.74 Å². The van der Waals surface area contributed by atoms with Crippen LogP contribution in [0, 0.1) is 5.82 Å². The summed E-state index contributed by atoms with van der Waals surface area (Å²) in [5, 5.41) is 0. The summed E-state index contributed by atoms with van der Waals surface area (Å²) in [6, 6.07) is 4.32. The maximum atomic E-state index is 13.2. The first-order valence-electron chi connectivity index (χ1n) is 5.09. The van der Waals surface area contributed by atoms with Crippen molar-refractivity contribution in [3.8, 4) is 5.75 Å². The topological polar surface area (TPSA) is 9.23 Å². The van der Waals surface area contributed by atoms with Crippen LogP contribution in [-0.2, 0) is 0 Å². The number of benzene rings is 1. The van der Waals surface area contributed by atoms with Gasteiger partial charge in [-0.1, -0.05) is 19.9 Å². The third kappa shape index (κ3) is 3.76. The summed E-state index contributed by atoms with van der Waals surface area (Å²) < 4.78 is 43.1. The van der Waals surface area contributed by atoms with Crippen molar-refractivity contribution in [1.82, 2.24) is 0 Å². The Morgan fingerprint density at radius 1 is 1.31 bits per heavy atom. The van der Waals surface area contributed by atoms with E-state index in [1.54, 1.807) is 6.07 Å². The van der Waals surface area contributed by atoms with Crippen molar-refractivity contribution in [2.75, 3.05) is 6.61 Å². The van der Waals surface area contributed by atoms with Gasteiger partial charge in [-0.15, -0.1) is 0 Å². The van der Waals surface area contributed by atoms with Crippen LogP contribution in [0.15, 0.2) is 18.2 Å². The normalized spacial score (nSPS) is 11.9. The lowest BCUT2D eigenvalue weighted by Crippen LogP contribution is -2.21. The van der Waals surface area contributed by atoms with E-state index in [9.17, 15) is 13.2 Å². The molecule has 4 heteroatoms. The smallest absolute Gasteiger partial charge is 0.278 e. The second-order valence-corrected chi connectivity index (χ2v) is 4.20. The van der Waals surface area contributed by atoms with E-state index in [-0.39, 0.29) is 11.7 Å². The Morgan fingerprint density at radius 2 is 1.94 bits per heavy atom. The van der Waals surface area contributed by atoms with E-state index in [0.717, 1.165) is 12.5 Å². The van der Waals surface area contributed by atoms with Crippen LogP contribution in [0.1, 0.15) is 32.3 Å². The van der Waals surface area contributed by atoms with Gasteiger partial charge in [-0.2, -0.15) is 0 Å². The molecular formula is C12H15F3O. The molecule has 1 rings (SSSR count). The fraction of sp³-hybridized carbons (Fsp3) is 0.500. The van der Waals surface area contributed by atoms with Crippen LogP contribution < -0.4 is 4.74 Å². The molecule has 0 bridgehead atoms. The molecule has 0 saturated heterocycles. The van der Waals surface area contributed by atoms with E-state index >= 15 is 0 Å². The predicted octanol–water partition coefficient (Wildman–Crippen LogP) is 3.98. The van der Waals surface area contributed by atoms with Gasteiger partial charge in [0.2, 0.25) is 0 Å². The third-order valence-corrected chi connectivity index (χ3v) is 2.10. The van der Waals surface area contributed by atoms with Gasteiger partial charge in [0.15, 0.2) is 18.2 Å². The molecular weight excluding hydrogens is 217 g/mol. The van der Waals surface area contributed by atoms with Crippen LogP contribution in [-0.4, -0.2) is 12.5 Å². The highest BCUT2D eigenvalue weighted by Crippen LogP contribution is 2.25. The molecule has 0 amide bonds. The largest absolute Gasteiger partial charge is 0.484 e. The van der Waals surface area contributed by atoms with Gasteiger partial charge in [-0.3, -0.25) is 0 Å². The van der Waals surface area contributed by atoms with Gasteiger partial charge in [0.25, 0.3) is 5.92 Å². The zero-order valence-electron chi connectivity index (χ0n) is 9.56. The SMILES string of the molecule is CC(C)c1ccc(F)c(OCC(C)(F)F)c1. The molecule has 16 heavy (non-hydrogen) atoms. The summed E-state index contributed by atoms with van der Waals surface area (Å²) in [6.45, 7) is 3.79. The summed E-state index contributed by atoms with van der Waals surface area (Å²) in [7, 11) is 0. The Kier molecular flexibility index (Phi) is 3.83. The lowest BCUT2D eigenvalue weighted by atomic mass is 10.0. The van der Waals surface area contributed by atoms with Crippen LogP contribution in [0.4, 0.5) is 13.2 Å². The number of hydrogen-bond donors (Lipinski definition) is 0.